The van der Waals surface area contributed by atoms with Gasteiger partial charge in [0.05, 0.1) is 17.1 Å². The molecule has 1 atom stereocenters. The van der Waals surface area contributed by atoms with Gasteiger partial charge in [-0.1, -0.05) is 85.8 Å². The third kappa shape index (κ3) is 6.27. The number of hydrogen-bond acceptors (Lipinski definition) is 4. The van der Waals surface area contributed by atoms with Crippen LogP contribution in [0.5, 0.6) is 0 Å². The largest absolute Gasteiger partial charge is 0.481 e. The minimum Gasteiger partial charge on any atom is -0.481 e. The third-order valence-electron chi connectivity index (χ3n) is 7.00. The number of fused-ring (bicyclic) bond motifs is 1. The van der Waals surface area contributed by atoms with Gasteiger partial charge >= 0.3 is 5.97 Å². The molecule has 2 heterocycles. The molecule has 5 heteroatoms. The maximum Gasteiger partial charge on any atom is 0.303 e. The first-order valence-electron chi connectivity index (χ1n) is 13.0. The fourth-order valence-electron chi connectivity index (χ4n) is 4.82. The van der Waals surface area contributed by atoms with Crippen LogP contribution in [0.4, 0.5) is 5.82 Å². The van der Waals surface area contributed by atoms with E-state index in [1.54, 1.807) is 0 Å². The Kier molecular flexibility index (Phi) is 8.17. The van der Waals surface area contributed by atoms with E-state index in [2.05, 4.69) is 74.2 Å². The Balaban J connectivity index is 1.67. The normalized spacial score (nSPS) is 15.2. The molecule has 3 aromatic rings. The highest BCUT2D eigenvalue weighted by Crippen LogP contribution is 2.36. The molecule has 0 saturated heterocycles. The third-order valence-corrected chi connectivity index (χ3v) is 7.00. The van der Waals surface area contributed by atoms with Gasteiger partial charge in [-0.25, -0.2) is 9.97 Å². The highest BCUT2D eigenvalue weighted by atomic mass is 16.4. The number of aryl methyl sites for hydroxylation is 2. The lowest BCUT2D eigenvalue weighted by molar-refractivity contribution is -0.137. The van der Waals surface area contributed by atoms with Crippen molar-refractivity contribution in [2.24, 2.45) is 5.92 Å². The molecule has 0 radical (unpaired) electrons. The van der Waals surface area contributed by atoms with E-state index in [9.17, 15) is 4.79 Å². The number of benzene rings is 2. The van der Waals surface area contributed by atoms with Crippen molar-refractivity contribution in [2.75, 3.05) is 18.0 Å². The van der Waals surface area contributed by atoms with Crippen molar-refractivity contribution >= 4 is 11.8 Å². The zero-order valence-electron chi connectivity index (χ0n) is 21.3. The lowest BCUT2D eigenvalue weighted by Gasteiger charge is -2.35. The molecule has 0 saturated carbocycles. The molecule has 0 bridgehead atoms. The van der Waals surface area contributed by atoms with E-state index in [4.69, 9.17) is 15.1 Å². The van der Waals surface area contributed by atoms with Crippen molar-refractivity contribution in [3.8, 4) is 22.5 Å². The summed E-state index contributed by atoms with van der Waals surface area (Å²) in [6, 6.07) is 17.1. The fourth-order valence-corrected chi connectivity index (χ4v) is 4.82. The molecular formula is C30H37N3O2. The standard InChI is InChI=1S/C30H37N3O2/c1-4-23-19-26-30(33(20-23)18-8-6-5-7-9-27(34)35)32-29(25-16-12-22(3)13-17-25)28(31-26)24-14-10-21(2)11-15-24/h10-17,23H,4-9,18-20H2,1-3H3,(H,34,35). The zero-order chi connectivity index (χ0) is 24.8. The van der Waals surface area contributed by atoms with Crippen LogP contribution < -0.4 is 4.90 Å². The Hall–Kier alpha value is -3.21. The summed E-state index contributed by atoms with van der Waals surface area (Å²) in [5, 5.41) is 8.87. The minimum absolute atomic E-state index is 0.262. The fraction of sp³-hybridized carbons (Fsp3) is 0.433. The smallest absolute Gasteiger partial charge is 0.303 e. The SMILES string of the molecule is CCC1Cc2nc(-c3ccc(C)cc3)c(-c3ccc(C)cc3)nc2N(CCCCCCC(=O)O)C1. The number of aromatic nitrogens is 2. The van der Waals surface area contributed by atoms with E-state index in [0.717, 1.165) is 85.6 Å². The molecule has 184 valence electrons. The van der Waals surface area contributed by atoms with Gasteiger partial charge in [-0.3, -0.25) is 4.79 Å². The molecule has 5 nitrogen and oxygen atoms in total. The highest BCUT2D eigenvalue weighted by molar-refractivity contribution is 5.80. The summed E-state index contributed by atoms with van der Waals surface area (Å²) in [6.45, 7) is 8.41. The number of anilines is 1. The van der Waals surface area contributed by atoms with E-state index >= 15 is 0 Å². The van der Waals surface area contributed by atoms with Crippen LogP contribution in [0.25, 0.3) is 22.5 Å². The molecule has 1 aliphatic heterocycles. The van der Waals surface area contributed by atoms with Crippen molar-refractivity contribution in [1.82, 2.24) is 9.97 Å². The number of carboxylic acids is 1. The quantitative estimate of drug-likeness (QED) is 0.328. The Morgan fingerprint density at radius 2 is 1.46 bits per heavy atom. The predicted octanol–water partition coefficient (Wildman–Crippen LogP) is 6.85. The first-order chi connectivity index (χ1) is 16.9. The Bertz CT molecular complexity index is 1140. The number of hydrogen-bond donors (Lipinski definition) is 1. The van der Waals surface area contributed by atoms with Gasteiger partial charge in [0.15, 0.2) is 5.82 Å². The zero-order valence-corrected chi connectivity index (χ0v) is 21.3. The summed E-state index contributed by atoms with van der Waals surface area (Å²) >= 11 is 0. The molecule has 0 amide bonds. The average Bonchev–Trinajstić information content (AvgIpc) is 2.86. The maximum absolute atomic E-state index is 10.8. The molecule has 4 rings (SSSR count). The van der Waals surface area contributed by atoms with Crippen LogP contribution in [-0.4, -0.2) is 34.1 Å². The minimum atomic E-state index is -0.705. The Morgan fingerprint density at radius 3 is 2.03 bits per heavy atom. The second-order valence-corrected chi connectivity index (χ2v) is 9.91. The average molecular weight is 472 g/mol. The van der Waals surface area contributed by atoms with Gasteiger partial charge in [0.25, 0.3) is 0 Å². The Morgan fingerprint density at radius 1 is 0.886 bits per heavy atom. The summed E-state index contributed by atoms with van der Waals surface area (Å²) in [6.07, 6.45) is 6.12. The summed E-state index contributed by atoms with van der Waals surface area (Å²) in [7, 11) is 0. The van der Waals surface area contributed by atoms with E-state index < -0.39 is 5.97 Å². The van der Waals surface area contributed by atoms with Crippen molar-refractivity contribution < 1.29 is 9.90 Å². The lowest BCUT2D eigenvalue weighted by Crippen LogP contribution is -2.37. The van der Waals surface area contributed by atoms with Crippen molar-refractivity contribution in [3.05, 3.63) is 65.4 Å². The van der Waals surface area contributed by atoms with Crippen molar-refractivity contribution in [2.45, 2.75) is 65.7 Å². The number of nitrogens with zero attached hydrogens (tertiary/aromatic N) is 3. The molecular weight excluding hydrogens is 434 g/mol. The van der Waals surface area contributed by atoms with Crippen LogP contribution in [0.3, 0.4) is 0 Å². The monoisotopic (exact) mass is 471 g/mol. The second kappa shape index (κ2) is 11.5. The molecule has 1 aromatic heterocycles. The molecule has 0 fully saturated rings. The molecule has 0 spiro atoms. The molecule has 0 aliphatic carbocycles. The summed E-state index contributed by atoms with van der Waals surface area (Å²) < 4.78 is 0. The van der Waals surface area contributed by atoms with E-state index in [0.29, 0.717) is 5.92 Å². The molecule has 1 aliphatic rings. The molecule has 1 unspecified atom stereocenters. The summed E-state index contributed by atoms with van der Waals surface area (Å²) in [5.74, 6) is 0.885. The highest BCUT2D eigenvalue weighted by Gasteiger charge is 2.28. The predicted molar refractivity (Wildman–Crippen MR) is 143 cm³/mol. The van der Waals surface area contributed by atoms with Gasteiger partial charge in [-0.15, -0.1) is 0 Å². The Labute approximate surface area is 209 Å². The number of rotatable bonds is 10. The summed E-state index contributed by atoms with van der Waals surface area (Å²) in [5.41, 5.74) is 7.65. The van der Waals surface area contributed by atoms with Crippen LogP contribution in [0.1, 0.15) is 62.3 Å². The first-order valence-corrected chi connectivity index (χ1v) is 13.0. The lowest BCUT2D eigenvalue weighted by atomic mass is 9.94. The van der Waals surface area contributed by atoms with E-state index in [1.165, 1.54) is 11.1 Å². The van der Waals surface area contributed by atoms with Crippen molar-refractivity contribution in [1.29, 1.82) is 0 Å². The van der Waals surface area contributed by atoms with Crippen LogP contribution in [-0.2, 0) is 11.2 Å². The van der Waals surface area contributed by atoms with E-state index in [-0.39, 0.29) is 6.42 Å². The van der Waals surface area contributed by atoms with Gasteiger partial charge in [-0.2, -0.15) is 0 Å². The van der Waals surface area contributed by atoms with E-state index in [1.807, 2.05) is 0 Å². The molecule has 35 heavy (non-hydrogen) atoms. The van der Waals surface area contributed by atoms with Gasteiger partial charge in [0, 0.05) is 30.6 Å². The number of carbonyl (C=O) groups is 1. The van der Waals surface area contributed by atoms with Crippen molar-refractivity contribution in [3.63, 3.8) is 0 Å². The molecule has 1 N–H and O–H groups in total. The van der Waals surface area contributed by atoms with Gasteiger partial charge in [0.1, 0.15) is 0 Å². The van der Waals surface area contributed by atoms with Crippen LogP contribution in [0, 0.1) is 19.8 Å². The van der Waals surface area contributed by atoms with Crippen LogP contribution in [0.2, 0.25) is 0 Å². The summed E-state index contributed by atoms with van der Waals surface area (Å²) in [4.78, 5) is 23.8. The topological polar surface area (TPSA) is 66.3 Å². The maximum atomic E-state index is 10.8. The van der Waals surface area contributed by atoms with Crippen LogP contribution >= 0.6 is 0 Å². The van der Waals surface area contributed by atoms with Gasteiger partial charge in [-0.05, 0) is 39.0 Å². The van der Waals surface area contributed by atoms with Gasteiger partial charge < -0.3 is 10.0 Å². The molecule has 2 aromatic carbocycles. The van der Waals surface area contributed by atoms with Crippen LogP contribution in [0.15, 0.2) is 48.5 Å². The van der Waals surface area contributed by atoms with Gasteiger partial charge in [0.2, 0.25) is 0 Å². The first kappa shape index (κ1) is 24.9. The second-order valence-electron chi connectivity index (χ2n) is 9.91. The number of aliphatic carboxylic acids is 1. The number of unbranched alkanes of at least 4 members (excludes halogenated alkanes) is 3. The number of carboxylic acid groups (broad SMARTS) is 1.